The minimum atomic E-state index is -0.0394. The van der Waals surface area contributed by atoms with Crippen LogP contribution in [0.1, 0.15) is 19.3 Å². The summed E-state index contributed by atoms with van der Waals surface area (Å²) in [7, 11) is 0. The molecule has 0 radical (unpaired) electrons. The highest BCUT2D eigenvalue weighted by Gasteiger charge is 2.32. The molecule has 0 aromatic heterocycles. The summed E-state index contributed by atoms with van der Waals surface area (Å²) in [5, 5.41) is 0.659. The van der Waals surface area contributed by atoms with Gasteiger partial charge in [0.05, 0.1) is 5.69 Å². The van der Waals surface area contributed by atoms with Crippen LogP contribution in [0.25, 0.3) is 0 Å². The number of thioether (sulfide) groups is 1. The van der Waals surface area contributed by atoms with Crippen LogP contribution in [0.3, 0.4) is 0 Å². The minimum Gasteiger partial charge on any atom is -0.298 e. The Hall–Kier alpha value is -0.800. The Bertz CT molecular complexity index is 498. The summed E-state index contributed by atoms with van der Waals surface area (Å²) in [5.74, 6) is 0.315. The second-order valence-corrected chi connectivity index (χ2v) is 5.62. The lowest BCUT2D eigenvalue weighted by atomic mass is 9.96. The molecule has 2 aliphatic rings. The van der Waals surface area contributed by atoms with E-state index in [4.69, 9.17) is 11.6 Å². The fourth-order valence-electron chi connectivity index (χ4n) is 2.10. The molecule has 4 heteroatoms. The molecule has 1 aliphatic carbocycles. The van der Waals surface area contributed by atoms with Gasteiger partial charge in [0.25, 0.3) is 0 Å². The molecule has 0 spiro atoms. The number of benzene rings is 1. The van der Waals surface area contributed by atoms with Crippen LogP contribution in [0.5, 0.6) is 0 Å². The summed E-state index contributed by atoms with van der Waals surface area (Å²) in [6.07, 6.45) is 2.57. The first-order chi connectivity index (χ1) is 7.74. The fraction of sp³-hybridized carbons (Fsp3) is 0.333. The maximum absolute atomic E-state index is 11.8. The Morgan fingerprint density at radius 1 is 1.38 bits per heavy atom. The molecule has 0 amide bonds. The minimum absolute atomic E-state index is 0.0394. The van der Waals surface area contributed by atoms with E-state index in [2.05, 4.69) is 4.99 Å². The van der Waals surface area contributed by atoms with Crippen molar-refractivity contribution in [2.75, 3.05) is 0 Å². The number of rotatable bonds is 0. The van der Waals surface area contributed by atoms with E-state index in [1.807, 2.05) is 18.2 Å². The van der Waals surface area contributed by atoms with Gasteiger partial charge in [-0.25, -0.2) is 0 Å². The second kappa shape index (κ2) is 3.90. The lowest BCUT2D eigenvalue weighted by molar-refractivity contribution is -0.118. The molecule has 0 N–H and O–H groups in total. The number of ketones is 1. The van der Waals surface area contributed by atoms with Crippen molar-refractivity contribution in [1.29, 1.82) is 0 Å². The van der Waals surface area contributed by atoms with Gasteiger partial charge in [-0.15, -0.1) is 11.8 Å². The third-order valence-corrected chi connectivity index (χ3v) is 4.49. The topological polar surface area (TPSA) is 29.4 Å². The molecule has 2 nitrogen and oxygen atoms in total. The predicted molar refractivity (Wildman–Crippen MR) is 67.1 cm³/mol. The van der Waals surface area contributed by atoms with Gasteiger partial charge in [-0.3, -0.25) is 9.79 Å². The smallest absolute Gasteiger partial charge is 0.151 e. The van der Waals surface area contributed by atoms with Crippen LogP contribution < -0.4 is 0 Å². The largest absolute Gasteiger partial charge is 0.298 e. The van der Waals surface area contributed by atoms with E-state index in [1.165, 1.54) is 0 Å². The second-order valence-electron chi connectivity index (χ2n) is 4.03. The lowest BCUT2D eigenvalue weighted by Gasteiger charge is -2.26. The molecule has 1 unspecified atom stereocenters. The molecular weight excluding hydrogens is 242 g/mol. The van der Waals surface area contributed by atoms with Gasteiger partial charge in [-0.1, -0.05) is 11.6 Å². The Morgan fingerprint density at radius 3 is 3.12 bits per heavy atom. The van der Waals surface area contributed by atoms with Crippen LogP contribution in [-0.4, -0.2) is 16.7 Å². The zero-order valence-corrected chi connectivity index (χ0v) is 10.1. The zero-order chi connectivity index (χ0) is 11.1. The quantitative estimate of drug-likeness (QED) is 0.705. The van der Waals surface area contributed by atoms with Gasteiger partial charge < -0.3 is 0 Å². The van der Waals surface area contributed by atoms with Gasteiger partial charge in [0.2, 0.25) is 0 Å². The van der Waals surface area contributed by atoms with Crippen molar-refractivity contribution in [3.63, 3.8) is 0 Å². The fourth-order valence-corrected chi connectivity index (χ4v) is 3.45. The van der Waals surface area contributed by atoms with E-state index in [0.717, 1.165) is 29.1 Å². The highest BCUT2D eigenvalue weighted by molar-refractivity contribution is 8.01. The van der Waals surface area contributed by atoms with E-state index in [-0.39, 0.29) is 5.25 Å². The maximum atomic E-state index is 11.8. The van der Waals surface area contributed by atoms with E-state index in [1.54, 1.807) is 11.8 Å². The lowest BCUT2D eigenvalue weighted by Crippen LogP contribution is -2.32. The SMILES string of the molecule is O=C1CCCC2=Nc3cc(Cl)ccc3SC12. The number of Topliss-reactive ketones (excluding diaryl/α,β-unsaturated/α-hetero) is 1. The third kappa shape index (κ3) is 1.68. The molecule has 1 aliphatic heterocycles. The first kappa shape index (κ1) is 10.4. The van der Waals surface area contributed by atoms with Crippen LogP contribution in [-0.2, 0) is 4.79 Å². The average molecular weight is 252 g/mol. The van der Waals surface area contributed by atoms with Crippen molar-refractivity contribution in [3.05, 3.63) is 23.2 Å². The molecule has 1 aromatic carbocycles. The van der Waals surface area contributed by atoms with E-state index >= 15 is 0 Å². The van der Waals surface area contributed by atoms with E-state index in [9.17, 15) is 4.79 Å². The van der Waals surface area contributed by atoms with E-state index < -0.39 is 0 Å². The predicted octanol–water partition coefficient (Wildman–Crippen LogP) is 3.64. The number of aliphatic imine (C=N–C) groups is 1. The Balaban J connectivity index is 2.07. The maximum Gasteiger partial charge on any atom is 0.151 e. The van der Waals surface area contributed by atoms with Crippen molar-refractivity contribution < 1.29 is 4.79 Å². The molecule has 1 heterocycles. The van der Waals surface area contributed by atoms with Gasteiger partial charge >= 0.3 is 0 Å². The number of nitrogens with zero attached hydrogens (tertiary/aromatic N) is 1. The summed E-state index contributed by atoms with van der Waals surface area (Å²) >= 11 is 7.55. The molecular formula is C12H10ClNOS. The monoisotopic (exact) mass is 251 g/mol. The molecule has 16 heavy (non-hydrogen) atoms. The Kier molecular flexibility index (Phi) is 2.52. The molecule has 0 bridgehead atoms. The van der Waals surface area contributed by atoms with Crippen LogP contribution in [0.4, 0.5) is 5.69 Å². The van der Waals surface area contributed by atoms with Crippen molar-refractivity contribution in [3.8, 4) is 0 Å². The van der Waals surface area contributed by atoms with Gasteiger partial charge in [0.1, 0.15) is 5.25 Å². The van der Waals surface area contributed by atoms with Gasteiger partial charge in [0, 0.05) is 22.1 Å². The first-order valence-electron chi connectivity index (χ1n) is 5.30. The zero-order valence-electron chi connectivity index (χ0n) is 8.57. The summed E-state index contributed by atoms with van der Waals surface area (Å²) in [6, 6.07) is 5.66. The van der Waals surface area contributed by atoms with Crippen molar-refractivity contribution >= 4 is 40.5 Å². The van der Waals surface area contributed by atoms with Crippen LogP contribution >= 0.6 is 23.4 Å². The molecule has 3 rings (SSSR count). The number of hydrogen-bond acceptors (Lipinski definition) is 3. The van der Waals surface area contributed by atoms with Crippen LogP contribution in [0.2, 0.25) is 5.02 Å². The number of carbonyl (C=O) groups is 1. The van der Waals surface area contributed by atoms with Crippen molar-refractivity contribution in [2.24, 2.45) is 4.99 Å². The molecule has 1 aromatic rings. The molecule has 82 valence electrons. The number of carbonyl (C=O) groups excluding carboxylic acids is 1. The van der Waals surface area contributed by atoms with Crippen molar-refractivity contribution in [2.45, 2.75) is 29.4 Å². The third-order valence-electron chi connectivity index (χ3n) is 2.88. The van der Waals surface area contributed by atoms with Gasteiger partial charge in [0.15, 0.2) is 5.78 Å². The number of halogens is 1. The highest BCUT2D eigenvalue weighted by Crippen LogP contribution is 2.42. The summed E-state index contributed by atoms with van der Waals surface area (Å²) in [4.78, 5) is 17.4. The average Bonchev–Trinajstić information content (AvgIpc) is 2.27. The standard InChI is InChI=1S/C12H10ClNOS/c13-7-4-5-11-9(6-7)14-8-2-1-3-10(15)12(8)16-11/h4-6,12H,1-3H2. The van der Waals surface area contributed by atoms with Gasteiger partial charge in [-0.2, -0.15) is 0 Å². The normalized spacial score (nSPS) is 23.4. The summed E-state index contributed by atoms with van der Waals surface area (Å²) in [5.41, 5.74) is 1.94. The molecule has 0 saturated heterocycles. The van der Waals surface area contributed by atoms with Crippen molar-refractivity contribution in [1.82, 2.24) is 0 Å². The summed E-state index contributed by atoms with van der Waals surface area (Å²) < 4.78 is 0. The highest BCUT2D eigenvalue weighted by atomic mass is 35.5. The van der Waals surface area contributed by atoms with Gasteiger partial charge in [-0.05, 0) is 31.0 Å². The number of hydrogen-bond donors (Lipinski definition) is 0. The molecule has 1 saturated carbocycles. The Morgan fingerprint density at radius 2 is 2.25 bits per heavy atom. The Labute approximate surface area is 103 Å². The molecule has 1 atom stereocenters. The first-order valence-corrected chi connectivity index (χ1v) is 6.56. The molecule has 1 fully saturated rings. The van der Waals surface area contributed by atoms with Crippen LogP contribution in [0, 0.1) is 0 Å². The van der Waals surface area contributed by atoms with E-state index in [0.29, 0.717) is 17.2 Å². The number of fused-ring (bicyclic) bond motifs is 2. The van der Waals surface area contributed by atoms with Crippen LogP contribution in [0.15, 0.2) is 28.1 Å². The summed E-state index contributed by atoms with van der Waals surface area (Å²) in [6.45, 7) is 0.